The monoisotopic (exact) mass is 343 g/mol. The molecule has 2 N–H and O–H groups in total. The molecule has 1 atom stereocenters. The van der Waals surface area contributed by atoms with E-state index in [4.69, 9.17) is 4.74 Å². The van der Waals surface area contributed by atoms with E-state index in [0.717, 1.165) is 42.0 Å². The average Bonchev–Trinajstić information content (AvgIpc) is 2.62. The van der Waals surface area contributed by atoms with Crippen molar-refractivity contribution >= 4 is 0 Å². The molecule has 1 unspecified atom stereocenters. The van der Waals surface area contributed by atoms with Gasteiger partial charge in [-0.1, -0.05) is 19.1 Å². The largest absolute Gasteiger partial charge is 0.497 e. The molecule has 2 aromatic rings. The van der Waals surface area contributed by atoms with Gasteiger partial charge in [-0.25, -0.2) is 4.98 Å². The van der Waals surface area contributed by atoms with E-state index in [1.54, 1.807) is 7.11 Å². The van der Waals surface area contributed by atoms with Crippen LogP contribution in [-0.4, -0.2) is 46.3 Å². The highest BCUT2D eigenvalue weighted by Gasteiger charge is 2.22. The number of aliphatic hydroxyl groups is 1. The molecule has 0 amide bonds. The first-order valence-electron chi connectivity index (χ1n) is 8.73. The predicted molar refractivity (Wildman–Crippen MR) is 95.9 cm³/mol. The molecule has 1 aromatic heterocycles. The first-order chi connectivity index (χ1) is 12.1. The Balaban J connectivity index is 1.77. The number of aromatic nitrogens is 2. The number of aliphatic hydroxyl groups excluding tert-OH is 1. The molecule has 134 valence electrons. The van der Waals surface area contributed by atoms with E-state index in [2.05, 4.69) is 14.9 Å². The molecule has 0 saturated heterocycles. The third-order valence-electron chi connectivity index (χ3n) is 4.64. The van der Waals surface area contributed by atoms with Crippen molar-refractivity contribution in [2.45, 2.75) is 38.8 Å². The van der Waals surface area contributed by atoms with Crippen molar-refractivity contribution in [3.05, 3.63) is 57.3 Å². The topological polar surface area (TPSA) is 78.5 Å². The standard InChI is InChI=1S/C19H25N3O3/c1-3-14(23)11-22-8-7-17-16(12-22)19(24)21-18(20-17)10-13-5-4-6-15(9-13)25-2/h4-6,9,14,23H,3,7-8,10-12H2,1-2H3,(H,20,21,24). The molecule has 1 aliphatic heterocycles. The van der Waals surface area contributed by atoms with E-state index in [0.29, 0.717) is 25.3 Å². The molecule has 1 aromatic carbocycles. The average molecular weight is 343 g/mol. The number of ether oxygens (including phenoxy) is 1. The number of fused-ring (bicyclic) bond motifs is 1. The predicted octanol–water partition coefficient (Wildman–Crippen LogP) is 1.50. The molecular weight excluding hydrogens is 318 g/mol. The van der Waals surface area contributed by atoms with Crippen molar-refractivity contribution in [2.75, 3.05) is 20.2 Å². The van der Waals surface area contributed by atoms with Gasteiger partial charge in [0.1, 0.15) is 11.6 Å². The number of nitrogens with zero attached hydrogens (tertiary/aromatic N) is 2. The molecular formula is C19H25N3O3. The lowest BCUT2D eigenvalue weighted by Gasteiger charge is -2.29. The van der Waals surface area contributed by atoms with Gasteiger partial charge in [-0.3, -0.25) is 9.69 Å². The van der Waals surface area contributed by atoms with E-state index >= 15 is 0 Å². The second-order valence-electron chi connectivity index (χ2n) is 6.51. The number of rotatable bonds is 6. The van der Waals surface area contributed by atoms with E-state index in [9.17, 15) is 9.90 Å². The normalized spacial score (nSPS) is 15.6. The second-order valence-corrected chi connectivity index (χ2v) is 6.51. The van der Waals surface area contributed by atoms with Gasteiger partial charge in [0, 0.05) is 32.5 Å². The number of H-pyrrole nitrogens is 1. The second kappa shape index (κ2) is 7.80. The summed E-state index contributed by atoms with van der Waals surface area (Å²) in [6.45, 7) is 3.93. The summed E-state index contributed by atoms with van der Waals surface area (Å²) in [6.07, 6.45) is 1.68. The SMILES string of the molecule is CCC(O)CN1CCc2nc(Cc3cccc(OC)c3)[nH]c(=O)c2C1. The first-order valence-corrected chi connectivity index (χ1v) is 8.73. The number of β-amino-alcohol motifs (C(OH)–C–C–N with tert-alkyl or cyclic N) is 1. The number of aromatic amines is 1. The van der Waals surface area contributed by atoms with Gasteiger partial charge in [0.2, 0.25) is 0 Å². The summed E-state index contributed by atoms with van der Waals surface area (Å²) in [6, 6.07) is 7.77. The van der Waals surface area contributed by atoms with Crippen LogP contribution < -0.4 is 10.3 Å². The Hall–Kier alpha value is -2.18. The Morgan fingerprint density at radius 2 is 2.28 bits per heavy atom. The van der Waals surface area contributed by atoms with Crippen LogP contribution in [0, 0.1) is 0 Å². The Morgan fingerprint density at radius 1 is 1.44 bits per heavy atom. The highest BCUT2D eigenvalue weighted by Crippen LogP contribution is 2.17. The molecule has 3 rings (SSSR count). The zero-order valence-electron chi connectivity index (χ0n) is 14.8. The van der Waals surface area contributed by atoms with Crippen LogP contribution in [0.3, 0.4) is 0 Å². The maximum Gasteiger partial charge on any atom is 0.255 e. The molecule has 0 bridgehead atoms. The van der Waals surface area contributed by atoms with Gasteiger partial charge in [-0.05, 0) is 24.1 Å². The lowest BCUT2D eigenvalue weighted by molar-refractivity contribution is 0.102. The lowest BCUT2D eigenvalue weighted by atomic mass is 10.1. The fourth-order valence-electron chi connectivity index (χ4n) is 3.17. The van der Waals surface area contributed by atoms with Crippen LogP contribution >= 0.6 is 0 Å². The molecule has 25 heavy (non-hydrogen) atoms. The van der Waals surface area contributed by atoms with Gasteiger partial charge in [0.25, 0.3) is 5.56 Å². The quantitative estimate of drug-likeness (QED) is 0.831. The van der Waals surface area contributed by atoms with E-state index in [1.807, 2.05) is 31.2 Å². The molecule has 0 fully saturated rings. The molecule has 6 heteroatoms. The zero-order chi connectivity index (χ0) is 17.8. The summed E-state index contributed by atoms with van der Waals surface area (Å²) in [5.74, 6) is 1.47. The van der Waals surface area contributed by atoms with Crippen LogP contribution in [0.5, 0.6) is 5.75 Å². The lowest BCUT2D eigenvalue weighted by Crippen LogP contribution is -2.40. The number of benzene rings is 1. The molecule has 0 saturated carbocycles. The maximum absolute atomic E-state index is 12.5. The molecule has 0 radical (unpaired) electrons. The molecule has 2 heterocycles. The maximum atomic E-state index is 12.5. The summed E-state index contributed by atoms with van der Waals surface area (Å²) in [4.78, 5) is 22.2. The Labute approximate surface area is 147 Å². The third kappa shape index (κ3) is 4.27. The molecule has 0 spiro atoms. The van der Waals surface area contributed by atoms with Gasteiger partial charge in [-0.2, -0.15) is 0 Å². The Kier molecular flexibility index (Phi) is 5.50. The van der Waals surface area contributed by atoms with Gasteiger partial charge in [0.05, 0.1) is 24.5 Å². The smallest absolute Gasteiger partial charge is 0.255 e. The minimum Gasteiger partial charge on any atom is -0.497 e. The number of nitrogens with one attached hydrogen (secondary N) is 1. The van der Waals surface area contributed by atoms with Gasteiger partial charge in [0.15, 0.2) is 0 Å². The number of hydrogen-bond acceptors (Lipinski definition) is 5. The van der Waals surface area contributed by atoms with Crippen LogP contribution in [0.4, 0.5) is 0 Å². The molecule has 1 aliphatic rings. The van der Waals surface area contributed by atoms with E-state index < -0.39 is 0 Å². The van der Waals surface area contributed by atoms with Gasteiger partial charge >= 0.3 is 0 Å². The van der Waals surface area contributed by atoms with E-state index in [1.165, 1.54) is 0 Å². The van der Waals surface area contributed by atoms with Crippen molar-refractivity contribution in [1.82, 2.24) is 14.9 Å². The highest BCUT2D eigenvalue weighted by atomic mass is 16.5. The number of hydrogen-bond donors (Lipinski definition) is 2. The third-order valence-corrected chi connectivity index (χ3v) is 4.64. The summed E-state index contributed by atoms with van der Waals surface area (Å²) < 4.78 is 5.24. The summed E-state index contributed by atoms with van der Waals surface area (Å²) in [7, 11) is 1.64. The number of methoxy groups -OCH3 is 1. The zero-order valence-corrected chi connectivity index (χ0v) is 14.8. The minimum absolute atomic E-state index is 0.0708. The van der Waals surface area contributed by atoms with Crippen molar-refractivity contribution in [1.29, 1.82) is 0 Å². The van der Waals surface area contributed by atoms with Crippen LogP contribution in [0.2, 0.25) is 0 Å². The molecule has 0 aliphatic carbocycles. The van der Waals surface area contributed by atoms with Crippen LogP contribution in [-0.2, 0) is 19.4 Å². The minimum atomic E-state index is -0.346. The van der Waals surface area contributed by atoms with Crippen LogP contribution in [0.1, 0.15) is 36.0 Å². The van der Waals surface area contributed by atoms with E-state index in [-0.39, 0.29) is 11.7 Å². The fraction of sp³-hybridized carbons (Fsp3) is 0.474. The summed E-state index contributed by atoms with van der Waals surface area (Å²) in [5.41, 5.74) is 2.58. The highest BCUT2D eigenvalue weighted by molar-refractivity contribution is 5.31. The van der Waals surface area contributed by atoms with Crippen molar-refractivity contribution in [2.24, 2.45) is 0 Å². The summed E-state index contributed by atoms with van der Waals surface area (Å²) in [5, 5.41) is 9.82. The first kappa shape index (κ1) is 17.6. The van der Waals surface area contributed by atoms with Crippen molar-refractivity contribution < 1.29 is 9.84 Å². The molecule has 6 nitrogen and oxygen atoms in total. The van der Waals surface area contributed by atoms with Crippen LogP contribution in [0.25, 0.3) is 0 Å². The van der Waals surface area contributed by atoms with Crippen molar-refractivity contribution in [3.63, 3.8) is 0 Å². The van der Waals surface area contributed by atoms with Gasteiger partial charge in [-0.15, -0.1) is 0 Å². The van der Waals surface area contributed by atoms with Crippen LogP contribution in [0.15, 0.2) is 29.1 Å². The van der Waals surface area contributed by atoms with Gasteiger partial charge < -0.3 is 14.8 Å². The Bertz CT molecular complexity index is 788. The summed E-state index contributed by atoms with van der Waals surface area (Å²) >= 11 is 0. The fourth-order valence-corrected chi connectivity index (χ4v) is 3.17. The van der Waals surface area contributed by atoms with Crippen molar-refractivity contribution in [3.8, 4) is 5.75 Å². The Morgan fingerprint density at radius 3 is 3.04 bits per heavy atom.